The largest absolute Gasteiger partial charge is 0.314 e. The molecule has 3 nitrogen and oxygen atoms in total. The van der Waals surface area contributed by atoms with Crippen LogP contribution in [0.15, 0.2) is 54.6 Å². The number of piperazine rings is 1. The molecule has 1 saturated heterocycles. The molecule has 1 unspecified atom stereocenters. The second-order valence-corrected chi connectivity index (χ2v) is 8.71. The van der Waals surface area contributed by atoms with Gasteiger partial charge in [-0.1, -0.05) is 73.9 Å². The molecule has 2 aliphatic rings. The molecule has 0 aromatic heterocycles. The van der Waals surface area contributed by atoms with Crippen LogP contribution in [0.4, 0.5) is 0 Å². The smallest absolute Gasteiger partial charge is 0.164 e. The van der Waals surface area contributed by atoms with Crippen molar-refractivity contribution in [3.05, 3.63) is 71.3 Å². The van der Waals surface area contributed by atoms with Crippen LogP contribution in [0.25, 0.3) is 0 Å². The molecular formula is C26H34N2O. The van der Waals surface area contributed by atoms with Crippen molar-refractivity contribution in [1.82, 2.24) is 10.2 Å². The molecule has 0 spiro atoms. The summed E-state index contributed by atoms with van der Waals surface area (Å²) in [5, 5.41) is 3.52. The molecule has 4 rings (SSSR count). The van der Waals surface area contributed by atoms with Crippen LogP contribution in [0.5, 0.6) is 0 Å². The molecule has 2 fully saturated rings. The van der Waals surface area contributed by atoms with Crippen molar-refractivity contribution in [2.24, 2.45) is 0 Å². The molecule has 2 aromatic carbocycles. The molecule has 29 heavy (non-hydrogen) atoms. The number of carbonyl (C=O) groups is 1. The fourth-order valence-electron chi connectivity index (χ4n) is 4.95. The van der Waals surface area contributed by atoms with Gasteiger partial charge in [-0.05, 0) is 36.3 Å². The standard InChI is InChI=1S/C26H34N2O/c29-26(24-13-11-23(12-14-24)22-9-5-2-6-10-22)15-17-28-18-16-27-20-25(28)19-21-7-3-1-4-8-21/h1,3-4,7-8,11-14,22,25,27H,2,5-6,9-10,15-20H2. The van der Waals surface area contributed by atoms with E-state index < -0.39 is 0 Å². The summed E-state index contributed by atoms with van der Waals surface area (Å²) in [7, 11) is 0. The van der Waals surface area contributed by atoms with E-state index >= 15 is 0 Å². The molecule has 1 N–H and O–H groups in total. The van der Waals surface area contributed by atoms with Crippen molar-refractivity contribution < 1.29 is 4.79 Å². The zero-order valence-electron chi connectivity index (χ0n) is 17.5. The summed E-state index contributed by atoms with van der Waals surface area (Å²) >= 11 is 0. The van der Waals surface area contributed by atoms with Gasteiger partial charge in [-0.15, -0.1) is 0 Å². The van der Waals surface area contributed by atoms with E-state index in [9.17, 15) is 4.79 Å². The summed E-state index contributed by atoms with van der Waals surface area (Å²) in [6.07, 6.45) is 8.33. The summed E-state index contributed by atoms with van der Waals surface area (Å²) in [6.45, 7) is 3.88. The first-order chi connectivity index (χ1) is 14.3. The van der Waals surface area contributed by atoms with E-state index in [2.05, 4.69) is 64.8 Å². The zero-order chi connectivity index (χ0) is 19.9. The molecule has 1 saturated carbocycles. The maximum absolute atomic E-state index is 12.8. The zero-order valence-corrected chi connectivity index (χ0v) is 17.5. The average molecular weight is 391 g/mol. The number of Topliss-reactive ketones (excluding diaryl/α,β-unsaturated/α-hetero) is 1. The second kappa shape index (κ2) is 10.2. The molecule has 0 radical (unpaired) electrons. The SMILES string of the molecule is O=C(CCN1CCNCC1Cc1ccccc1)c1ccc(C2CCCCC2)cc1. The Balaban J connectivity index is 1.31. The van der Waals surface area contributed by atoms with Crippen LogP contribution in [-0.2, 0) is 6.42 Å². The van der Waals surface area contributed by atoms with Gasteiger partial charge in [0.25, 0.3) is 0 Å². The minimum atomic E-state index is 0.275. The Kier molecular flexibility index (Phi) is 7.13. The van der Waals surface area contributed by atoms with E-state index in [1.807, 2.05) is 0 Å². The van der Waals surface area contributed by atoms with E-state index in [0.29, 0.717) is 18.4 Å². The van der Waals surface area contributed by atoms with Gasteiger partial charge in [0.2, 0.25) is 0 Å². The Morgan fingerprint density at radius 1 is 0.966 bits per heavy atom. The lowest BCUT2D eigenvalue weighted by Crippen LogP contribution is -2.52. The highest BCUT2D eigenvalue weighted by Crippen LogP contribution is 2.32. The summed E-state index contributed by atoms with van der Waals surface area (Å²) in [5.41, 5.74) is 3.67. The van der Waals surface area contributed by atoms with Crippen LogP contribution in [0.1, 0.15) is 65.9 Å². The lowest BCUT2D eigenvalue weighted by Gasteiger charge is -2.36. The van der Waals surface area contributed by atoms with Crippen molar-refractivity contribution in [2.45, 2.75) is 56.9 Å². The van der Waals surface area contributed by atoms with E-state index in [0.717, 1.165) is 38.2 Å². The fourth-order valence-corrected chi connectivity index (χ4v) is 4.95. The predicted molar refractivity (Wildman–Crippen MR) is 120 cm³/mol. The number of hydrogen-bond donors (Lipinski definition) is 1. The van der Waals surface area contributed by atoms with Crippen molar-refractivity contribution in [1.29, 1.82) is 0 Å². The Morgan fingerprint density at radius 3 is 2.48 bits per heavy atom. The number of nitrogens with zero attached hydrogens (tertiary/aromatic N) is 1. The third-order valence-electron chi connectivity index (χ3n) is 6.72. The third kappa shape index (κ3) is 5.55. The van der Waals surface area contributed by atoms with Gasteiger partial charge in [-0.3, -0.25) is 9.69 Å². The highest BCUT2D eigenvalue weighted by Gasteiger charge is 2.23. The molecular weight excluding hydrogens is 356 g/mol. The summed E-state index contributed by atoms with van der Waals surface area (Å²) in [6, 6.07) is 19.7. The Labute approximate surface area is 175 Å². The summed E-state index contributed by atoms with van der Waals surface area (Å²) in [4.78, 5) is 15.3. The minimum absolute atomic E-state index is 0.275. The van der Waals surface area contributed by atoms with Crippen LogP contribution in [-0.4, -0.2) is 42.9 Å². The van der Waals surface area contributed by atoms with Gasteiger partial charge in [0, 0.05) is 44.2 Å². The van der Waals surface area contributed by atoms with Gasteiger partial charge < -0.3 is 5.32 Å². The molecule has 3 heteroatoms. The van der Waals surface area contributed by atoms with Gasteiger partial charge in [-0.2, -0.15) is 0 Å². The van der Waals surface area contributed by atoms with Gasteiger partial charge in [0.1, 0.15) is 0 Å². The number of nitrogens with one attached hydrogen (secondary N) is 1. The van der Waals surface area contributed by atoms with Crippen LogP contribution in [0.3, 0.4) is 0 Å². The number of rotatable bonds is 7. The summed E-state index contributed by atoms with van der Waals surface area (Å²) in [5.74, 6) is 0.977. The molecule has 2 aromatic rings. The van der Waals surface area contributed by atoms with E-state index in [4.69, 9.17) is 0 Å². The third-order valence-corrected chi connectivity index (χ3v) is 6.72. The number of benzene rings is 2. The van der Waals surface area contributed by atoms with E-state index in [-0.39, 0.29) is 5.78 Å². The van der Waals surface area contributed by atoms with Crippen LogP contribution in [0.2, 0.25) is 0 Å². The van der Waals surface area contributed by atoms with Crippen LogP contribution in [0, 0.1) is 0 Å². The number of carbonyl (C=O) groups excluding carboxylic acids is 1. The van der Waals surface area contributed by atoms with Gasteiger partial charge in [0.15, 0.2) is 5.78 Å². The lowest BCUT2D eigenvalue weighted by molar-refractivity contribution is 0.0935. The highest BCUT2D eigenvalue weighted by molar-refractivity contribution is 5.96. The van der Waals surface area contributed by atoms with Gasteiger partial charge in [0.05, 0.1) is 0 Å². The van der Waals surface area contributed by atoms with Crippen LogP contribution < -0.4 is 5.32 Å². The van der Waals surface area contributed by atoms with Crippen molar-refractivity contribution in [3.8, 4) is 0 Å². The maximum atomic E-state index is 12.8. The molecule has 0 amide bonds. The Hall–Kier alpha value is -1.97. The molecule has 0 bridgehead atoms. The number of ketones is 1. The van der Waals surface area contributed by atoms with E-state index in [1.54, 1.807) is 0 Å². The van der Waals surface area contributed by atoms with Crippen LogP contribution >= 0.6 is 0 Å². The fraction of sp³-hybridized carbons (Fsp3) is 0.500. The Morgan fingerprint density at radius 2 is 1.72 bits per heavy atom. The van der Waals surface area contributed by atoms with Crippen molar-refractivity contribution in [2.75, 3.05) is 26.2 Å². The highest BCUT2D eigenvalue weighted by atomic mass is 16.1. The molecule has 154 valence electrons. The van der Waals surface area contributed by atoms with Gasteiger partial charge >= 0.3 is 0 Å². The monoisotopic (exact) mass is 390 g/mol. The van der Waals surface area contributed by atoms with E-state index in [1.165, 1.54) is 43.2 Å². The maximum Gasteiger partial charge on any atom is 0.164 e. The first kappa shape index (κ1) is 20.3. The predicted octanol–water partition coefficient (Wildman–Crippen LogP) is 4.82. The van der Waals surface area contributed by atoms with Crippen molar-refractivity contribution in [3.63, 3.8) is 0 Å². The molecule has 1 atom stereocenters. The minimum Gasteiger partial charge on any atom is -0.314 e. The first-order valence-corrected chi connectivity index (χ1v) is 11.4. The molecule has 1 aliphatic carbocycles. The normalized spacial score (nSPS) is 21.2. The first-order valence-electron chi connectivity index (χ1n) is 11.4. The average Bonchev–Trinajstić information content (AvgIpc) is 2.80. The lowest BCUT2D eigenvalue weighted by atomic mass is 9.84. The number of hydrogen-bond acceptors (Lipinski definition) is 3. The molecule has 1 aliphatic heterocycles. The van der Waals surface area contributed by atoms with Gasteiger partial charge in [-0.25, -0.2) is 0 Å². The quantitative estimate of drug-likeness (QED) is 0.688. The second-order valence-electron chi connectivity index (χ2n) is 8.71. The Bertz CT molecular complexity index is 765. The van der Waals surface area contributed by atoms with Crippen molar-refractivity contribution >= 4 is 5.78 Å². The topological polar surface area (TPSA) is 32.3 Å². The molecule has 1 heterocycles. The summed E-state index contributed by atoms with van der Waals surface area (Å²) < 4.78 is 0.